The van der Waals surface area contributed by atoms with Crippen LogP contribution in [0.15, 0.2) is 42.5 Å². The molecule has 2 aromatic rings. The summed E-state index contributed by atoms with van der Waals surface area (Å²) in [6.45, 7) is 0.133. The second-order valence-corrected chi connectivity index (χ2v) is 4.20. The monoisotopic (exact) mass is 303 g/mol. The maximum atomic E-state index is 13.0. The highest BCUT2D eigenvalue weighted by Crippen LogP contribution is 2.24. The molecule has 7 heteroatoms. The molecule has 0 amide bonds. The Bertz CT molecular complexity index is 590. The van der Waals surface area contributed by atoms with E-state index in [0.29, 0.717) is 11.3 Å². The summed E-state index contributed by atoms with van der Waals surface area (Å²) in [5.74, 6) is -1.73. The zero-order valence-corrected chi connectivity index (χ0v) is 10.5. The number of rotatable bonds is 4. The van der Waals surface area contributed by atoms with Crippen molar-refractivity contribution in [3.63, 3.8) is 0 Å². The fourth-order valence-electron chi connectivity index (χ4n) is 1.69. The van der Waals surface area contributed by atoms with E-state index in [1.54, 1.807) is 0 Å². The highest BCUT2D eigenvalue weighted by atomic mass is 19.4. The molecule has 112 valence electrons. The van der Waals surface area contributed by atoms with Gasteiger partial charge in [-0.1, -0.05) is 0 Å². The number of anilines is 1. The number of nitrogens with one attached hydrogen (secondary N) is 1. The molecule has 1 N–H and O–H groups in total. The van der Waals surface area contributed by atoms with Crippen molar-refractivity contribution in [1.29, 1.82) is 0 Å². The Morgan fingerprint density at radius 3 is 2.00 bits per heavy atom. The third-order valence-electron chi connectivity index (χ3n) is 2.51. The third-order valence-corrected chi connectivity index (χ3v) is 2.51. The number of halogens is 5. The molecular formula is C14H10F5NO. The summed E-state index contributed by atoms with van der Waals surface area (Å²) in [4.78, 5) is 0. The predicted octanol–water partition coefficient (Wildman–Crippen LogP) is 4.48. The van der Waals surface area contributed by atoms with Crippen molar-refractivity contribution in [3.8, 4) is 5.75 Å². The molecule has 0 atom stereocenters. The zero-order valence-electron chi connectivity index (χ0n) is 10.5. The van der Waals surface area contributed by atoms with Crippen LogP contribution in [-0.4, -0.2) is 6.36 Å². The molecule has 0 heterocycles. The molecule has 0 saturated carbocycles. The molecule has 2 aromatic carbocycles. The lowest BCUT2D eigenvalue weighted by molar-refractivity contribution is -0.274. The van der Waals surface area contributed by atoms with Gasteiger partial charge in [-0.05, 0) is 42.0 Å². The van der Waals surface area contributed by atoms with Crippen LogP contribution in [0, 0.1) is 11.6 Å². The highest BCUT2D eigenvalue weighted by Gasteiger charge is 2.30. The summed E-state index contributed by atoms with van der Waals surface area (Å²) in [5, 5.41) is 2.84. The highest BCUT2D eigenvalue weighted by molar-refractivity contribution is 5.46. The van der Waals surface area contributed by atoms with E-state index in [0.717, 1.165) is 30.3 Å². The predicted molar refractivity (Wildman–Crippen MR) is 66.8 cm³/mol. The summed E-state index contributed by atoms with van der Waals surface area (Å²) >= 11 is 0. The SMILES string of the molecule is Fc1cc(F)cc(CNc2ccc(OC(F)(F)F)cc2)c1. The van der Waals surface area contributed by atoms with Crippen molar-refractivity contribution in [1.82, 2.24) is 0 Å². The second-order valence-electron chi connectivity index (χ2n) is 4.20. The molecular weight excluding hydrogens is 293 g/mol. The molecule has 0 aliphatic rings. The molecule has 0 bridgehead atoms. The maximum absolute atomic E-state index is 13.0. The Balaban J connectivity index is 1.97. The Kier molecular flexibility index (Phi) is 4.30. The van der Waals surface area contributed by atoms with Gasteiger partial charge in [0.1, 0.15) is 17.4 Å². The average molecular weight is 303 g/mol. The number of hydrogen-bond acceptors (Lipinski definition) is 2. The minimum atomic E-state index is -4.74. The standard InChI is InChI=1S/C14H10F5NO/c15-10-5-9(6-11(16)7-10)8-20-12-1-3-13(4-2-12)21-14(17,18)19/h1-7,20H,8H2. The van der Waals surface area contributed by atoms with E-state index in [1.165, 1.54) is 12.1 Å². The molecule has 0 unspecified atom stereocenters. The number of benzene rings is 2. The van der Waals surface area contributed by atoms with Crippen molar-refractivity contribution >= 4 is 5.69 Å². The van der Waals surface area contributed by atoms with Gasteiger partial charge in [-0.2, -0.15) is 0 Å². The van der Waals surface area contributed by atoms with E-state index < -0.39 is 18.0 Å². The first kappa shape index (κ1) is 15.1. The summed E-state index contributed by atoms with van der Waals surface area (Å²) in [5.41, 5.74) is 0.873. The van der Waals surface area contributed by atoms with Gasteiger partial charge < -0.3 is 10.1 Å². The number of ether oxygens (including phenoxy) is 1. The van der Waals surface area contributed by atoms with Crippen molar-refractivity contribution in [2.45, 2.75) is 12.9 Å². The van der Waals surface area contributed by atoms with Crippen molar-refractivity contribution in [2.75, 3.05) is 5.32 Å². The maximum Gasteiger partial charge on any atom is 0.573 e. The normalized spacial score (nSPS) is 11.3. The molecule has 0 saturated heterocycles. The molecule has 0 fully saturated rings. The van der Waals surface area contributed by atoms with Crippen LogP contribution < -0.4 is 10.1 Å². The van der Waals surface area contributed by atoms with Crippen LogP contribution in [0.4, 0.5) is 27.6 Å². The van der Waals surface area contributed by atoms with Crippen molar-refractivity contribution in [3.05, 3.63) is 59.7 Å². The third kappa shape index (κ3) is 4.94. The van der Waals surface area contributed by atoms with Gasteiger partial charge in [0.15, 0.2) is 0 Å². The van der Waals surface area contributed by atoms with E-state index in [4.69, 9.17) is 0 Å². The van der Waals surface area contributed by atoms with Gasteiger partial charge in [0, 0.05) is 18.3 Å². The van der Waals surface area contributed by atoms with Crippen LogP contribution >= 0.6 is 0 Å². The summed E-state index contributed by atoms with van der Waals surface area (Å²) in [7, 11) is 0. The number of hydrogen-bond donors (Lipinski definition) is 1. The van der Waals surface area contributed by atoms with Crippen LogP contribution in [0.5, 0.6) is 5.75 Å². The van der Waals surface area contributed by atoms with E-state index >= 15 is 0 Å². The number of alkyl halides is 3. The van der Waals surface area contributed by atoms with E-state index in [9.17, 15) is 22.0 Å². The van der Waals surface area contributed by atoms with E-state index in [-0.39, 0.29) is 12.3 Å². The molecule has 0 radical (unpaired) electrons. The van der Waals surface area contributed by atoms with Gasteiger partial charge in [0.2, 0.25) is 0 Å². The quantitative estimate of drug-likeness (QED) is 0.841. The lowest BCUT2D eigenvalue weighted by atomic mass is 10.2. The van der Waals surface area contributed by atoms with Crippen molar-refractivity contribution in [2.24, 2.45) is 0 Å². The molecule has 0 aromatic heterocycles. The van der Waals surface area contributed by atoms with Gasteiger partial charge in [-0.25, -0.2) is 8.78 Å². The van der Waals surface area contributed by atoms with Gasteiger partial charge in [0.25, 0.3) is 0 Å². The fraction of sp³-hybridized carbons (Fsp3) is 0.143. The van der Waals surface area contributed by atoms with Crippen LogP contribution in [0.2, 0.25) is 0 Å². The van der Waals surface area contributed by atoms with Crippen molar-refractivity contribution < 1.29 is 26.7 Å². The minimum Gasteiger partial charge on any atom is -0.406 e. The largest absolute Gasteiger partial charge is 0.573 e. The average Bonchev–Trinajstić information content (AvgIpc) is 2.35. The topological polar surface area (TPSA) is 21.3 Å². The zero-order chi connectivity index (χ0) is 15.5. The lowest BCUT2D eigenvalue weighted by Gasteiger charge is -2.10. The lowest BCUT2D eigenvalue weighted by Crippen LogP contribution is -2.17. The Morgan fingerprint density at radius 1 is 0.905 bits per heavy atom. The smallest absolute Gasteiger partial charge is 0.406 e. The Morgan fingerprint density at radius 2 is 1.48 bits per heavy atom. The van der Waals surface area contributed by atoms with E-state index in [2.05, 4.69) is 10.1 Å². The summed E-state index contributed by atoms with van der Waals surface area (Å²) < 4.78 is 65.6. The van der Waals surface area contributed by atoms with Gasteiger partial charge in [0.05, 0.1) is 0 Å². The molecule has 0 aliphatic heterocycles. The first-order chi connectivity index (χ1) is 9.82. The van der Waals surface area contributed by atoms with Gasteiger partial charge in [-0.15, -0.1) is 13.2 Å². The van der Waals surface area contributed by atoms with Gasteiger partial charge in [-0.3, -0.25) is 0 Å². The molecule has 0 aliphatic carbocycles. The first-order valence-corrected chi connectivity index (χ1v) is 5.86. The summed E-state index contributed by atoms with van der Waals surface area (Å²) in [6.07, 6.45) is -4.74. The summed E-state index contributed by atoms with van der Waals surface area (Å²) in [6, 6.07) is 8.11. The fourth-order valence-corrected chi connectivity index (χ4v) is 1.69. The van der Waals surface area contributed by atoms with Crippen LogP contribution in [0.1, 0.15) is 5.56 Å². The van der Waals surface area contributed by atoms with E-state index in [1.807, 2.05) is 0 Å². The van der Waals surface area contributed by atoms with Crippen LogP contribution in [0.25, 0.3) is 0 Å². The molecule has 2 nitrogen and oxygen atoms in total. The second kappa shape index (κ2) is 5.99. The Labute approximate surface area is 117 Å². The molecule has 0 spiro atoms. The van der Waals surface area contributed by atoms with Crippen LogP contribution in [0.3, 0.4) is 0 Å². The van der Waals surface area contributed by atoms with Gasteiger partial charge >= 0.3 is 6.36 Å². The first-order valence-electron chi connectivity index (χ1n) is 5.86. The Hall–Kier alpha value is -2.31. The molecule has 2 rings (SSSR count). The minimum absolute atomic E-state index is 0.133. The molecule has 21 heavy (non-hydrogen) atoms. The van der Waals surface area contributed by atoms with Crippen LogP contribution in [-0.2, 0) is 6.54 Å².